The van der Waals surface area contributed by atoms with Crippen LogP contribution in [0.4, 0.5) is 18.9 Å². The third-order valence-electron chi connectivity index (χ3n) is 6.42. The summed E-state index contributed by atoms with van der Waals surface area (Å²) in [7, 11) is 0. The number of fused-ring (bicyclic) bond motifs is 1. The van der Waals surface area contributed by atoms with Gasteiger partial charge in [0.15, 0.2) is 6.61 Å². The Morgan fingerprint density at radius 3 is 2.86 bits per heavy atom. The van der Waals surface area contributed by atoms with E-state index in [1.54, 1.807) is 6.92 Å². The van der Waals surface area contributed by atoms with Gasteiger partial charge in [-0.25, -0.2) is 28.1 Å². The second-order valence-electron chi connectivity index (χ2n) is 8.57. The Bertz CT molecular complexity index is 1230. The first-order valence-corrected chi connectivity index (χ1v) is 11.0. The first-order chi connectivity index (χ1) is 17.2. The molecule has 36 heavy (non-hydrogen) atoms. The van der Waals surface area contributed by atoms with E-state index in [1.807, 2.05) is 0 Å². The summed E-state index contributed by atoms with van der Waals surface area (Å²) in [6, 6.07) is 3.51. The molecule has 1 fully saturated rings. The molecule has 1 aromatic carbocycles. The number of nitrogens with zero attached hydrogens (tertiary/aromatic N) is 3. The lowest BCUT2D eigenvalue weighted by molar-refractivity contribution is -0.0803. The van der Waals surface area contributed by atoms with Crippen LogP contribution in [0.2, 0.25) is 0 Å². The number of ether oxygens (including phenoxy) is 3. The molecule has 2 aromatic rings. The number of rotatable bonds is 7. The Balaban J connectivity index is 1.55. The molecular formula is C24H24F3N5O4. The van der Waals surface area contributed by atoms with Crippen LogP contribution < -0.4 is 15.8 Å². The summed E-state index contributed by atoms with van der Waals surface area (Å²) in [6.07, 6.45) is -1.43. The summed E-state index contributed by atoms with van der Waals surface area (Å²) in [5.41, 5.74) is 2.62. The van der Waals surface area contributed by atoms with Gasteiger partial charge in [0.05, 0.1) is 31.0 Å². The molecule has 3 atom stereocenters. The van der Waals surface area contributed by atoms with E-state index in [0.717, 1.165) is 6.07 Å². The van der Waals surface area contributed by atoms with Crippen LogP contribution >= 0.6 is 0 Å². The maximum absolute atomic E-state index is 14.9. The van der Waals surface area contributed by atoms with Gasteiger partial charge in [-0.15, -0.1) is 5.92 Å². The molecule has 0 saturated carbocycles. The zero-order valence-electron chi connectivity index (χ0n) is 19.6. The van der Waals surface area contributed by atoms with Gasteiger partial charge in [-0.1, -0.05) is 5.92 Å². The zero-order valence-corrected chi connectivity index (χ0v) is 19.6. The summed E-state index contributed by atoms with van der Waals surface area (Å²) in [6.45, 7) is 2.96. The maximum Gasteiger partial charge on any atom is 0.283 e. The van der Waals surface area contributed by atoms with Gasteiger partial charge in [0.1, 0.15) is 23.2 Å². The minimum Gasteiger partial charge on any atom is -0.463 e. The fraction of sp³-hybridized carbons (Fsp3) is 0.417. The van der Waals surface area contributed by atoms with Crippen LogP contribution in [0.3, 0.4) is 0 Å². The number of nitrogens with two attached hydrogens (primary N) is 1. The van der Waals surface area contributed by atoms with Crippen molar-refractivity contribution >= 4 is 17.6 Å². The molecule has 1 saturated heterocycles. The largest absolute Gasteiger partial charge is 0.463 e. The predicted octanol–water partition coefficient (Wildman–Crippen LogP) is 2.57. The van der Waals surface area contributed by atoms with Gasteiger partial charge in [-0.2, -0.15) is 0 Å². The van der Waals surface area contributed by atoms with E-state index in [-0.39, 0.29) is 55.1 Å². The first-order valence-electron chi connectivity index (χ1n) is 11.0. The van der Waals surface area contributed by atoms with Crippen molar-refractivity contribution in [3.63, 3.8) is 0 Å². The second kappa shape index (κ2) is 10.0. The van der Waals surface area contributed by atoms with Crippen molar-refractivity contribution in [2.24, 2.45) is 16.1 Å². The van der Waals surface area contributed by atoms with Crippen molar-refractivity contribution in [2.75, 3.05) is 25.1 Å². The minimum atomic E-state index is -2.91. The van der Waals surface area contributed by atoms with E-state index >= 15 is 0 Å². The topological polar surface area (TPSA) is 121 Å². The average Bonchev–Trinajstić information content (AvgIpc) is 3.25. The molecule has 12 heteroatoms. The van der Waals surface area contributed by atoms with Gasteiger partial charge in [-0.3, -0.25) is 4.79 Å². The third-order valence-corrected chi connectivity index (χ3v) is 6.42. The molecule has 0 radical (unpaired) electrons. The van der Waals surface area contributed by atoms with E-state index in [2.05, 4.69) is 32.1 Å². The molecule has 0 bridgehead atoms. The molecule has 4 rings (SSSR count). The number of halogens is 3. The quantitative estimate of drug-likeness (QED) is 0.557. The van der Waals surface area contributed by atoms with Gasteiger partial charge in [-0.05, 0) is 44.0 Å². The van der Waals surface area contributed by atoms with E-state index in [1.165, 1.54) is 31.5 Å². The molecule has 0 aliphatic carbocycles. The van der Waals surface area contributed by atoms with Crippen LogP contribution in [0.1, 0.15) is 29.9 Å². The molecule has 1 aromatic heterocycles. The number of benzene rings is 1. The van der Waals surface area contributed by atoms with Crippen molar-refractivity contribution in [1.82, 2.24) is 9.97 Å². The van der Waals surface area contributed by atoms with E-state index in [4.69, 9.17) is 19.9 Å². The Hall–Kier alpha value is -3.85. The molecule has 9 nitrogen and oxygen atoms in total. The molecule has 190 valence electrons. The number of hydrogen-bond donors (Lipinski definition) is 2. The molecular weight excluding hydrogens is 479 g/mol. The lowest BCUT2D eigenvalue weighted by atomic mass is 9.64. The van der Waals surface area contributed by atoms with Crippen LogP contribution in [0.25, 0.3) is 0 Å². The summed E-state index contributed by atoms with van der Waals surface area (Å²) in [4.78, 5) is 24.6. The number of amides is 1. The Morgan fingerprint density at radius 2 is 2.17 bits per heavy atom. The third kappa shape index (κ3) is 4.66. The normalized spacial score (nSPS) is 24.7. The number of anilines is 1. The molecule has 1 amide bonds. The van der Waals surface area contributed by atoms with E-state index < -0.39 is 35.2 Å². The van der Waals surface area contributed by atoms with Crippen LogP contribution in [0, 0.1) is 23.1 Å². The molecule has 0 unspecified atom stereocenters. The van der Waals surface area contributed by atoms with Gasteiger partial charge in [0, 0.05) is 5.69 Å². The summed E-state index contributed by atoms with van der Waals surface area (Å²) in [5, 5.41) is 2.61. The van der Waals surface area contributed by atoms with Crippen LogP contribution in [-0.4, -0.2) is 59.8 Å². The molecule has 3 N–H and O–H groups in total. The highest BCUT2D eigenvalue weighted by Gasteiger charge is 2.64. The number of alkyl halides is 2. The highest BCUT2D eigenvalue weighted by Crippen LogP contribution is 2.51. The zero-order chi connectivity index (χ0) is 25.9. The fourth-order valence-corrected chi connectivity index (χ4v) is 4.35. The summed E-state index contributed by atoms with van der Waals surface area (Å²) in [5.74, 6) is 4.35. The molecule has 2 aliphatic rings. The van der Waals surface area contributed by atoms with Gasteiger partial charge < -0.3 is 25.3 Å². The lowest BCUT2D eigenvalue weighted by Gasteiger charge is -2.48. The number of hydrogen-bond acceptors (Lipinski definition) is 8. The second-order valence-corrected chi connectivity index (χ2v) is 8.57. The number of carbonyl (C=O) groups is 1. The van der Waals surface area contributed by atoms with Crippen LogP contribution in [0.5, 0.6) is 5.88 Å². The highest BCUT2D eigenvalue weighted by atomic mass is 19.3. The minimum absolute atomic E-state index is 0.00609. The van der Waals surface area contributed by atoms with Crippen molar-refractivity contribution in [3.8, 4) is 17.7 Å². The van der Waals surface area contributed by atoms with Crippen molar-refractivity contribution in [2.45, 2.75) is 38.3 Å². The Morgan fingerprint density at radius 1 is 1.36 bits per heavy atom. The summed E-state index contributed by atoms with van der Waals surface area (Å²) < 4.78 is 59.6. The molecule has 3 heterocycles. The first kappa shape index (κ1) is 25.2. The smallest absolute Gasteiger partial charge is 0.283 e. The number of carbonyl (C=O) groups excluding carboxylic acids is 1. The Labute approximate surface area is 205 Å². The van der Waals surface area contributed by atoms with Gasteiger partial charge in [0.25, 0.3) is 18.4 Å². The number of aromatic nitrogens is 2. The maximum atomic E-state index is 14.9. The van der Waals surface area contributed by atoms with Crippen molar-refractivity contribution in [1.29, 1.82) is 0 Å². The van der Waals surface area contributed by atoms with Crippen molar-refractivity contribution in [3.05, 3.63) is 47.7 Å². The highest BCUT2D eigenvalue weighted by molar-refractivity contribution is 6.02. The molecule has 0 spiro atoms. The summed E-state index contributed by atoms with van der Waals surface area (Å²) >= 11 is 0. The van der Waals surface area contributed by atoms with Crippen LogP contribution in [0.15, 0.2) is 35.6 Å². The fourth-order valence-electron chi connectivity index (χ4n) is 4.35. The predicted molar refractivity (Wildman–Crippen MR) is 123 cm³/mol. The Kier molecular flexibility index (Phi) is 7.03. The standard InChI is InChI=1S/C24H24F3N5O4/c1-3-4-7-35-19-11-29-17(10-30-19)20(33)31-15-5-6-16(25)14(8-15)9-24-13-34-12-18(24)36-22(28)32-23(24,2)21(26)27/h5-6,8,10-11,18,21H,7,9,12-13H2,1-2H3,(H2,28,32)(H,31,33)/t18-,23+,24+/m1/s1. The lowest BCUT2D eigenvalue weighted by Crippen LogP contribution is -2.62. The number of amidine groups is 1. The monoisotopic (exact) mass is 503 g/mol. The van der Waals surface area contributed by atoms with Gasteiger partial charge in [0.2, 0.25) is 5.88 Å². The van der Waals surface area contributed by atoms with Crippen molar-refractivity contribution < 1.29 is 32.2 Å². The number of nitrogens with one attached hydrogen (secondary N) is 1. The van der Waals surface area contributed by atoms with Crippen LogP contribution in [-0.2, 0) is 15.9 Å². The number of aliphatic imine (C=N–C) groups is 1. The average molecular weight is 503 g/mol. The van der Waals surface area contributed by atoms with Gasteiger partial charge >= 0.3 is 0 Å². The van der Waals surface area contributed by atoms with E-state index in [9.17, 15) is 18.0 Å². The SMILES string of the molecule is CC#CCOc1cnc(C(=O)Nc2ccc(F)c(C[C@]34COC[C@H]3OC(N)=N[C@@]4(C)C(F)F)c2)cn1. The molecule has 2 aliphatic heterocycles. The van der Waals surface area contributed by atoms with E-state index in [0.29, 0.717) is 0 Å².